The predicted molar refractivity (Wildman–Crippen MR) is 70.8 cm³/mol. The maximum absolute atomic E-state index is 11.8. The Balaban J connectivity index is 2.01. The fraction of sp³-hybridized carbons (Fsp3) is 0.308. The van der Waals surface area contributed by atoms with Crippen LogP contribution < -0.4 is 16.4 Å². The molecule has 5 N–H and O–H groups in total. The van der Waals surface area contributed by atoms with Crippen LogP contribution in [-0.4, -0.2) is 28.9 Å². The van der Waals surface area contributed by atoms with Crippen molar-refractivity contribution in [1.29, 1.82) is 0 Å². The Kier molecular flexibility index (Phi) is 3.88. The lowest BCUT2D eigenvalue weighted by Gasteiger charge is -2.25. The molecule has 2 rings (SSSR count). The van der Waals surface area contributed by atoms with Crippen molar-refractivity contribution in [2.45, 2.75) is 25.3 Å². The Morgan fingerprint density at radius 3 is 2.85 bits per heavy atom. The van der Waals surface area contributed by atoms with Gasteiger partial charge in [0.1, 0.15) is 11.8 Å². The Morgan fingerprint density at radius 1 is 1.40 bits per heavy atom. The zero-order valence-electron chi connectivity index (χ0n) is 10.7. The fourth-order valence-electron chi connectivity index (χ4n) is 2.01. The minimum Gasteiger partial charge on any atom is -0.508 e. The van der Waals surface area contributed by atoms with Gasteiger partial charge in [0.05, 0.1) is 0 Å². The molecule has 0 unspecified atom stereocenters. The molecule has 1 atom stereocenters. The van der Waals surface area contributed by atoms with E-state index < -0.39 is 17.9 Å². The molecule has 0 saturated carbocycles. The average molecular weight is 277 g/mol. The number of anilines is 1. The second-order valence-electron chi connectivity index (χ2n) is 4.62. The molecular formula is C13H15N3O4. The first-order valence-electron chi connectivity index (χ1n) is 6.16. The Hall–Kier alpha value is -2.57. The minimum atomic E-state index is -0.688. The van der Waals surface area contributed by atoms with Gasteiger partial charge in [-0.2, -0.15) is 0 Å². The molecule has 7 nitrogen and oxygen atoms in total. The van der Waals surface area contributed by atoms with Gasteiger partial charge < -0.3 is 21.5 Å². The highest BCUT2D eigenvalue weighted by atomic mass is 16.3. The summed E-state index contributed by atoms with van der Waals surface area (Å²) >= 11 is 0. The number of hydrogen-bond donors (Lipinski definition) is 4. The van der Waals surface area contributed by atoms with Gasteiger partial charge in [-0.15, -0.1) is 0 Å². The number of aromatic hydroxyl groups is 1. The lowest BCUT2D eigenvalue weighted by atomic mass is 9.98. The van der Waals surface area contributed by atoms with Gasteiger partial charge in [0, 0.05) is 31.0 Å². The number of benzene rings is 1. The van der Waals surface area contributed by atoms with E-state index in [4.69, 9.17) is 5.73 Å². The van der Waals surface area contributed by atoms with E-state index >= 15 is 0 Å². The molecular weight excluding hydrogens is 262 g/mol. The van der Waals surface area contributed by atoms with E-state index in [0.717, 1.165) is 5.56 Å². The molecule has 1 aliphatic rings. The minimum absolute atomic E-state index is 0.0401. The lowest BCUT2D eigenvalue weighted by Crippen LogP contribution is -2.47. The van der Waals surface area contributed by atoms with Gasteiger partial charge >= 0.3 is 0 Å². The van der Waals surface area contributed by atoms with E-state index in [0.29, 0.717) is 12.1 Å². The number of primary amides is 1. The third-order valence-electron chi connectivity index (χ3n) is 3.03. The van der Waals surface area contributed by atoms with Crippen molar-refractivity contribution in [3.8, 4) is 5.75 Å². The lowest BCUT2D eigenvalue weighted by molar-refractivity contribution is -0.128. The van der Waals surface area contributed by atoms with Crippen LogP contribution in [0.4, 0.5) is 5.69 Å². The number of carbonyl (C=O) groups excluding carboxylic acids is 3. The van der Waals surface area contributed by atoms with Crippen molar-refractivity contribution in [1.82, 2.24) is 5.32 Å². The number of phenols is 1. The van der Waals surface area contributed by atoms with E-state index in [9.17, 15) is 19.5 Å². The third kappa shape index (κ3) is 3.25. The fourth-order valence-corrected chi connectivity index (χ4v) is 2.01. The van der Waals surface area contributed by atoms with Gasteiger partial charge in [0.25, 0.3) is 0 Å². The summed E-state index contributed by atoms with van der Waals surface area (Å²) in [6.45, 7) is 0. The summed E-state index contributed by atoms with van der Waals surface area (Å²) in [5.74, 6) is -1.25. The van der Waals surface area contributed by atoms with Crippen LogP contribution in [0.1, 0.15) is 18.4 Å². The van der Waals surface area contributed by atoms with E-state index in [1.54, 1.807) is 6.07 Å². The molecule has 3 amide bonds. The topological polar surface area (TPSA) is 122 Å². The maximum atomic E-state index is 11.8. The molecule has 0 aliphatic carbocycles. The van der Waals surface area contributed by atoms with Crippen LogP contribution in [-0.2, 0) is 20.8 Å². The number of rotatable bonds is 4. The van der Waals surface area contributed by atoms with Crippen molar-refractivity contribution in [2.24, 2.45) is 5.73 Å². The molecule has 1 aromatic carbocycles. The summed E-state index contributed by atoms with van der Waals surface area (Å²) in [4.78, 5) is 34.0. The van der Waals surface area contributed by atoms with Gasteiger partial charge in [-0.1, -0.05) is 6.07 Å². The van der Waals surface area contributed by atoms with E-state index in [-0.39, 0.29) is 24.5 Å². The van der Waals surface area contributed by atoms with Crippen molar-refractivity contribution in [2.75, 3.05) is 5.32 Å². The van der Waals surface area contributed by atoms with E-state index in [1.807, 2.05) is 0 Å². The number of fused-ring (bicyclic) bond motifs is 1. The van der Waals surface area contributed by atoms with Gasteiger partial charge in [0.15, 0.2) is 0 Å². The Labute approximate surface area is 115 Å². The quantitative estimate of drug-likeness (QED) is 0.600. The van der Waals surface area contributed by atoms with Crippen LogP contribution >= 0.6 is 0 Å². The molecule has 0 spiro atoms. The summed E-state index contributed by atoms with van der Waals surface area (Å²) < 4.78 is 0. The first-order chi connectivity index (χ1) is 9.45. The van der Waals surface area contributed by atoms with Gasteiger partial charge in [-0.25, -0.2) is 0 Å². The molecule has 20 heavy (non-hydrogen) atoms. The zero-order valence-corrected chi connectivity index (χ0v) is 10.7. The summed E-state index contributed by atoms with van der Waals surface area (Å²) in [6.07, 6.45) is 0.246. The maximum Gasteiger partial charge on any atom is 0.247 e. The van der Waals surface area contributed by atoms with Crippen molar-refractivity contribution < 1.29 is 19.5 Å². The molecule has 1 aliphatic heterocycles. The highest BCUT2D eigenvalue weighted by Gasteiger charge is 2.27. The van der Waals surface area contributed by atoms with Crippen LogP contribution in [0, 0.1) is 0 Å². The Morgan fingerprint density at radius 2 is 2.15 bits per heavy atom. The SMILES string of the molecule is NC(=O)CCC(=O)N[C@@H]1Cc2ccc(O)cc2NC1=O. The molecule has 0 radical (unpaired) electrons. The first-order valence-corrected chi connectivity index (χ1v) is 6.16. The first kappa shape index (κ1) is 13.9. The van der Waals surface area contributed by atoms with Crippen molar-refractivity contribution >= 4 is 23.4 Å². The predicted octanol–water partition coefficient (Wildman–Crippen LogP) is -0.363. The van der Waals surface area contributed by atoms with Gasteiger partial charge in [-0.3, -0.25) is 14.4 Å². The van der Waals surface area contributed by atoms with Crippen LogP contribution in [0.5, 0.6) is 5.75 Å². The molecule has 1 heterocycles. The van der Waals surface area contributed by atoms with Gasteiger partial charge in [0.2, 0.25) is 17.7 Å². The summed E-state index contributed by atoms with van der Waals surface area (Å²) in [5.41, 5.74) is 6.32. The number of carbonyl (C=O) groups is 3. The molecule has 0 bridgehead atoms. The molecule has 0 saturated heterocycles. The number of hydrogen-bond acceptors (Lipinski definition) is 4. The number of amides is 3. The number of phenolic OH excluding ortho intramolecular Hbond substituents is 1. The largest absolute Gasteiger partial charge is 0.508 e. The normalized spacial score (nSPS) is 17.0. The highest BCUT2D eigenvalue weighted by Crippen LogP contribution is 2.26. The van der Waals surface area contributed by atoms with Crippen LogP contribution in [0.3, 0.4) is 0 Å². The second-order valence-corrected chi connectivity index (χ2v) is 4.62. The number of nitrogens with two attached hydrogens (primary N) is 1. The van der Waals surface area contributed by atoms with Crippen LogP contribution in [0.15, 0.2) is 18.2 Å². The summed E-state index contributed by atoms with van der Waals surface area (Å²) in [5, 5.41) is 14.5. The van der Waals surface area contributed by atoms with E-state index in [1.165, 1.54) is 12.1 Å². The van der Waals surface area contributed by atoms with E-state index in [2.05, 4.69) is 10.6 Å². The van der Waals surface area contributed by atoms with Crippen molar-refractivity contribution in [3.05, 3.63) is 23.8 Å². The number of nitrogens with one attached hydrogen (secondary N) is 2. The monoisotopic (exact) mass is 277 g/mol. The molecule has 0 aromatic heterocycles. The smallest absolute Gasteiger partial charge is 0.247 e. The molecule has 0 fully saturated rings. The van der Waals surface area contributed by atoms with Crippen LogP contribution in [0.2, 0.25) is 0 Å². The molecule has 1 aromatic rings. The summed E-state index contributed by atoms with van der Waals surface area (Å²) in [6, 6.07) is 3.97. The Bertz CT molecular complexity index is 571. The van der Waals surface area contributed by atoms with Gasteiger partial charge in [-0.05, 0) is 11.6 Å². The van der Waals surface area contributed by atoms with Crippen LogP contribution in [0.25, 0.3) is 0 Å². The summed E-state index contributed by atoms with van der Waals surface area (Å²) in [7, 11) is 0. The molecule has 7 heteroatoms. The van der Waals surface area contributed by atoms with Crippen molar-refractivity contribution in [3.63, 3.8) is 0 Å². The third-order valence-corrected chi connectivity index (χ3v) is 3.03. The standard InChI is InChI=1S/C13H15N3O4/c14-11(18)3-4-12(19)15-10-5-7-1-2-8(17)6-9(7)16-13(10)20/h1-2,6,10,17H,3-5H2,(H2,14,18)(H,15,19)(H,16,20)/t10-/m1/s1. The highest BCUT2D eigenvalue weighted by molar-refractivity contribution is 6.00. The average Bonchev–Trinajstić information content (AvgIpc) is 2.37. The second kappa shape index (κ2) is 5.60. The zero-order chi connectivity index (χ0) is 14.7. The molecule has 106 valence electrons.